The van der Waals surface area contributed by atoms with Crippen molar-refractivity contribution in [3.05, 3.63) is 35.9 Å². The van der Waals surface area contributed by atoms with Gasteiger partial charge in [-0.15, -0.1) is 0 Å². The van der Waals surface area contributed by atoms with Crippen LogP contribution in [0.1, 0.15) is 37.7 Å². The molecule has 0 atom stereocenters. The summed E-state index contributed by atoms with van der Waals surface area (Å²) in [7, 11) is -4.04. The number of benzene rings is 1. The SMILES string of the molecule is O=S(=O)(O)C1(c2ccccc2)CCCCC1. The van der Waals surface area contributed by atoms with Crippen LogP contribution < -0.4 is 0 Å². The van der Waals surface area contributed by atoms with E-state index in [4.69, 9.17) is 0 Å². The van der Waals surface area contributed by atoms with E-state index in [0.29, 0.717) is 12.8 Å². The summed E-state index contributed by atoms with van der Waals surface area (Å²) in [5, 5.41) is 0. The highest BCUT2D eigenvalue weighted by atomic mass is 32.2. The van der Waals surface area contributed by atoms with Gasteiger partial charge in [-0.3, -0.25) is 4.55 Å². The molecular weight excluding hydrogens is 224 g/mol. The molecule has 0 amide bonds. The fourth-order valence-corrected chi connectivity index (χ4v) is 3.80. The van der Waals surface area contributed by atoms with E-state index in [2.05, 4.69) is 0 Å². The lowest BCUT2D eigenvalue weighted by molar-refractivity contribution is 0.344. The first-order valence-electron chi connectivity index (χ1n) is 5.59. The van der Waals surface area contributed by atoms with Crippen molar-refractivity contribution in [2.24, 2.45) is 0 Å². The first-order chi connectivity index (χ1) is 7.56. The lowest BCUT2D eigenvalue weighted by Gasteiger charge is -2.34. The second-order valence-corrected chi connectivity index (χ2v) is 6.13. The van der Waals surface area contributed by atoms with Crippen LogP contribution in [0.3, 0.4) is 0 Å². The smallest absolute Gasteiger partial charge is 0.274 e. The molecule has 0 heterocycles. The van der Waals surface area contributed by atoms with Crippen LogP contribution in [-0.2, 0) is 14.9 Å². The van der Waals surface area contributed by atoms with E-state index in [1.54, 1.807) is 12.1 Å². The maximum atomic E-state index is 11.7. The Bertz CT molecular complexity index is 444. The van der Waals surface area contributed by atoms with Gasteiger partial charge in [0.25, 0.3) is 10.1 Å². The van der Waals surface area contributed by atoms with Gasteiger partial charge >= 0.3 is 0 Å². The van der Waals surface area contributed by atoms with Crippen molar-refractivity contribution in [2.45, 2.75) is 36.9 Å². The summed E-state index contributed by atoms with van der Waals surface area (Å²) in [6.45, 7) is 0. The average Bonchev–Trinajstić information content (AvgIpc) is 2.30. The Balaban J connectivity index is 2.51. The molecular formula is C12H16O3S. The number of hydrogen-bond acceptors (Lipinski definition) is 2. The van der Waals surface area contributed by atoms with Crippen molar-refractivity contribution in [1.29, 1.82) is 0 Å². The molecule has 0 aliphatic heterocycles. The van der Waals surface area contributed by atoms with Gasteiger partial charge in [0.2, 0.25) is 0 Å². The van der Waals surface area contributed by atoms with E-state index in [-0.39, 0.29) is 0 Å². The maximum Gasteiger partial charge on any atom is 0.274 e. The van der Waals surface area contributed by atoms with E-state index >= 15 is 0 Å². The second kappa shape index (κ2) is 4.18. The van der Waals surface area contributed by atoms with Gasteiger partial charge in [0.1, 0.15) is 4.75 Å². The van der Waals surface area contributed by atoms with Crippen molar-refractivity contribution >= 4 is 10.1 Å². The Labute approximate surface area is 96.2 Å². The molecule has 16 heavy (non-hydrogen) atoms. The van der Waals surface area contributed by atoms with Crippen molar-refractivity contribution in [2.75, 3.05) is 0 Å². The van der Waals surface area contributed by atoms with Gasteiger partial charge < -0.3 is 0 Å². The molecule has 0 unspecified atom stereocenters. The molecule has 0 bridgehead atoms. The van der Waals surface area contributed by atoms with E-state index < -0.39 is 14.9 Å². The lowest BCUT2D eigenvalue weighted by Crippen LogP contribution is -2.37. The fourth-order valence-electron chi connectivity index (χ4n) is 2.56. The predicted octanol–water partition coefficient (Wildman–Crippen LogP) is 2.73. The molecule has 0 radical (unpaired) electrons. The fraction of sp³-hybridized carbons (Fsp3) is 0.500. The summed E-state index contributed by atoms with van der Waals surface area (Å²) in [5.41, 5.74) is 0.720. The first kappa shape index (κ1) is 11.6. The van der Waals surface area contributed by atoms with Gasteiger partial charge in [0.15, 0.2) is 0 Å². The summed E-state index contributed by atoms with van der Waals surface area (Å²) in [5.74, 6) is 0. The largest absolute Gasteiger partial charge is 0.285 e. The number of rotatable bonds is 2. The van der Waals surface area contributed by atoms with Crippen molar-refractivity contribution in [3.63, 3.8) is 0 Å². The van der Waals surface area contributed by atoms with E-state index in [1.165, 1.54) is 0 Å². The van der Waals surface area contributed by atoms with Crippen LogP contribution in [0.5, 0.6) is 0 Å². The van der Waals surface area contributed by atoms with Crippen LogP contribution in [-0.4, -0.2) is 13.0 Å². The minimum Gasteiger partial charge on any atom is -0.285 e. The van der Waals surface area contributed by atoms with Crippen LogP contribution in [0.25, 0.3) is 0 Å². The molecule has 0 saturated heterocycles. The minimum absolute atomic E-state index is 0.524. The summed E-state index contributed by atoms with van der Waals surface area (Å²) < 4.78 is 31.8. The second-order valence-electron chi connectivity index (χ2n) is 4.40. The lowest BCUT2D eigenvalue weighted by atomic mass is 9.83. The van der Waals surface area contributed by atoms with Crippen LogP contribution in [0.2, 0.25) is 0 Å². The molecule has 1 saturated carbocycles. The third-order valence-electron chi connectivity index (χ3n) is 3.45. The monoisotopic (exact) mass is 240 g/mol. The van der Waals surface area contributed by atoms with Gasteiger partial charge in [-0.1, -0.05) is 49.6 Å². The minimum atomic E-state index is -4.04. The van der Waals surface area contributed by atoms with Crippen molar-refractivity contribution < 1.29 is 13.0 Å². The van der Waals surface area contributed by atoms with E-state index in [1.807, 2.05) is 18.2 Å². The van der Waals surface area contributed by atoms with E-state index in [0.717, 1.165) is 24.8 Å². The molecule has 1 N–H and O–H groups in total. The molecule has 0 aromatic heterocycles. The Hall–Kier alpha value is -0.870. The van der Waals surface area contributed by atoms with Gasteiger partial charge in [0.05, 0.1) is 0 Å². The zero-order valence-corrected chi connectivity index (χ0v) is 9.91. The highest BCUT2D eigenvalue weighted by Gasteiger charge is 2.45. The van der Waals surface area contributed by atoms with Crippen LogP contribution in [0.15, 0.2) is 30.3 Å². The quantitative estimate of drug-likeness (QED) is 0.809. The highest BCUT2D eigenvalue weighted by Crippen LogP contribution is 2.43. The van der Waals surface area contributed by atoms with Gasteiger partial charge in [-0.05, 0) is 18.4 Å². The summed E-state index contributed by atoms with van der Waals surface area (Å²) in [6, 6.07) is 9.07. The third-order valence-corrected chi connectivity index (χ3v) is 5.09. The normalized spacial score (nSPS) is 20.6. The van der Waals surface area contributed by atoms with Crippen LogP contribution in [0, 0.1) is 0 Å². The zero-order chi connectivity index (χ0) is 11.6. The van der Waals surface area contributed by atoms with Gasteiger partial charge in [-0.2, -0.15) is 8.42 Å². The Morgan fingerprint density at radius 2 is 1.56 bits per heavy atom. The maximum absolute atomic E-state index is 11.7. The molecule has 1 aromatic carbocycles. The molecule has 1 aliphatic rings. The highest BCUT2D eigenvalue weighted by molar-refractivity contribution is 7.86. The summed E-state index contributed by atoms with van der Waals surface area (Å²) in [4.78, 5) is 0. The molecule has 1 fully saturated rings. The molecule has 3 nitrogen and oxygen atoms in total. The first-order valence-corrected chi connectivity index (χ1v) is 7.03. The Morgan fingerprint density at radius 3 is 2.06 bits per heavy atom. The molecule has 1 aromatic rings. The molecule has 0 spiro atoms. The molecule has 4 heteroatoms. The summed E-state index contributed by atoms with van der Waals surface area (Å²) in [6.07, 6.45) is 3.80. The Morgan fingerprint density at radius 1 is 1.00 bits per heavy atom. The topological polar surface area (TPSA) is 54.4 Å². The summed E-state index contributed by atoms with van der Waals surface area (Å²) >= 11 is 0. The van der Waals surface area contributed by atoms with Crippen molar-refractivity contribution in [1.82, 2.24) is 0 Å². The third kappa shape index (κ3) is 1.87. The predicted molar refractivity (Wildman–Crippen MR) is 62.8 cm³/mol. The van der Waals surface area contributed by atoms with Crippen molar-refractivity contribution in [3.8, 4) is 0 Å². The van der Waals surface area contributed by atoms with E-state index in [9.17, 15) is 13.0 Å². The molecule has 88 valence electrons. The van der Waals surface area contributed by atoms with Gasteiger partial charge in [0, 0.05) is 0 Å². The molecule has 2 rings (SSSR count). The Kier molecular flexibility index (Phi) is 3.04. The van der Waals surface area contributed by atoms with Crippen LogP contribution in [0.4, 0.5) is 0 Å². The van der Waals surface area contributed by atoms with Crippen LogP contribution >= 0.6 is 0 Å². The standard InChI is InChI=1S/C12H16O3S/c13-16(14,15)12(9-5-2-6-10-12)11-7-3-1-4-8-11/h1,3-4,7-8H,2,5-6,9-10H2,(H,13,14,15). The average molecular weight is 240 g/mol. The zero-order valence-electron chi connectivity index (χ0n) is 9.09. The van der Waals surface area contributed by atoms with Gasteiger partial charge in [-0.25, -0.2) is 0 Å². The number of hydrogen-bond donors (Lipinski definition) is 1. The molecule has 1 aliphatic carbocycles.